The van der Waals surface area contributed by atoms with Gasteiger partial charge in [-0.2, -0.15) is 0 Å². The molecule has 5 heteroatoms. The molecular weight excluding hydrogens is 312 g/mol. The maximum Gasteiger partial charge on any atom is 0.290 e. The van der Waals surface area contributed by atoms with Gasteiger partial charge < -0.3 is 5.32 Å². The average molecular weight is 334 g/mol. The second-order valence-corrected chi connectivity index (χ2v) is 6.13. The third-order valence-electron chi connectivity index (χ3n) is 3.90. The van der Waals surface area contributed by atoms with Crippen LogP contribution in [0.2, 0.25) is 0 Å². The van der Waals surface area contributed by atoms with Crippen molar-refractivity contribution in [2.45, 2.75) is 27.2 Å². The van der Waals surface area contributed by atoms with Gasteiger partial charge in [0, 0.05) is 12.1 Å². The molecule has 1 N–H and O–H groups in total. The molecule has 0 radical (unpaired) electrons. The minimum Gasteiger partial charge on any atom is -0.349 e. The first kappa shape index (κ1) is 16.9. The zero-order chi connectivity index (χ0) is 17.8. The van der Waals surface area contributed by atoms with Gasteiger partial charge in [0.05, 0.1) is 5.69 Å². The summed E-state index contributed by atoms with van der Waals surface area (Å²) < 4.78 is 1.73. The van der Waals surface area contributed by atoms with Crippen molar-refractivity contribution in [2.75, 3.05) is 6.54 Å². The van der Waals surface area contributed by atoms with E-state index in [0.717, 1.165) is 23.2 Å². The van der Waals surface area contributed by atoms with Crippen LogP contribution in [-0.4, -0.2) is 27.2 Å². The maximum atomic E-state index is 12.3. The van der Waals surface area contributed by atoms with Crippen LogP contribution in [0, 0.1) is 13.8 Å². The summed E-state index contributed by atoms with van der Waals surface area (Å²) in [7, 11) is 0. The van der Waals surface area contributed by atoms with Gasteiger partial charge in [0.2, 0.25) is 5.82 Å². The molecule has 1 heterocycles. The predicted octanol–water partition coefficient (Wildman–Crippen LogP) is 3.69. The van der Waals surface area contributed by atoms with Crippen LogP contribution in [0.25, 0.3) is 17.1 Å². The van der Waals surface area contributed by atoms with Crippen molar-refractivity contribution in [1.82, 2.24) is 20.1 Å². The van der Waals surface area contributed by atoms with Crippen LogP contribution >= 0.6 is 0 Å². The fourth-order valence-electron chi connectivity index (χ4n) is 2.56. The number of hydrogen-bond acceptors (Lipinski definition) is 3. The molecule has 2 aromatic carbocycles. The first-order valence-corrected chi connectivity index (χ1v) is 8.48. The number of hydrogen-bond donors (Lipinski definition) is 1. The lowest BCUT2D eigenvalue weighted by Crippen LogP contribution is -2.25. The Hall–Kier alpha value is -2.95. The van der Waals surface area contributed by atoms with Crippen LogP contribution in [0.1, 0.15) is 35.1 Å². The molecule has 0 aliphatic heterocycles. The highest BCUT2D eigenvalue weighted by atomic mass is 16.2. The minimum absolute atomic E-state index is 0.186. The van der Waals surface area contributed by atoms with Crippen molar-refractivity contribution in [3.63, 3.8) is 0 Å². The largest absolute Gasteiger partial charge is 0.349 e. The number of nitrogens with zero attached hydrogens (tertiary/aromatic N) is 3. The number of aryl methyl sites for hydroxylation is 2. The van der Waals surface area contributed by atoms with Gasteiger partial charge >= 0.3 is 0 Å². The molecule has 0 aliphatic rings. The van der Waals surface area contributed by atoms with E-state index in [1.165, 1.54) is 5.56 Å². The van der Waals surface area contributed by atoms with Crippen molar-refractivity contribution in [3.8, 4) is 17.1 Å². The number of carbonyl (C=O) groups is 1. The molecule has 0 atom stereocenters. The molecule has 1 aromatic heterocycles. The molecule has 128 valence electrons. The van der Waals surface area contributed by atoms with Crippen LogP contribution < -0.4 is 5.32 Å². The fourth-order valence-corrected chi connectivity index (χ4v) is 2.56. The third-order valence-corrected chi connectivity index (χ3v) is 3.90. The molecule has 0 saturated heterocycles. The molecule has 0 aliphatic carbocycles. The first-order valence-electron chi connectivity index (χ1n) is 8.48. The fraction of sp³-hybridized carbons (Fsp3) is 0.250. The molecule has 0 bridgehead atoms. The zero-order valence-electron chi connectivity index (χ0n) is 14.8. The Kier molecular flexibility index (Phi) is 4.93. The summed E-state index contributed by atoms with van der Waals surface area (Å²) >= 11 is 0. The number of carbonyl (C=O) groups excluding carboxylic acids is 1. The van der Waals surface area contributed by atoms with Gasteiger partial charge in [-0.15, -0.1) is 5.10 Å². The second-order valence-electron chi connectivity index (χ2n) is 6.13. The summed E-state index contributed by atoms with van der Waals surface area (Å²) in [4.78, 5) is 16.8. The lowest BCUT2D eigenvalue weighted by Gasteiger charge is -2.07. The lowest BCUT2D eigenvalue weighted by molar-refractivity contribution is 0.0943. The first-order chi connectivity index (χ1) is 12.1. The zero-order valence-corrected chi connectivity index (χ0v) is 14.8. The Morgan fingerprint density at radius 2 is 1.84 bits per heavy atom. The summed E-state index contributed by atoms with van der Waals surface area (Å²) in [6.07, 6.45) is 0.870. The molecule has 3 rings (SSSR count). The SMILES string of the molecule is CCCNC(=O)c1nc(-c2ccc(C)cc2)n(-c2cccc(C)c2)n1. The van der Waals surface area contributed by atoms with E-state index in [2.05, 4.69) is 15.4 Å². The van der Waals surface area contributed by atoms with Gasteiger partial charge in [-0.25, -0.2) is 9.67 Å². The van der Waals surface area contributed by atoms with Gasteiger partial charge in [-0.3, -0.25) is 4.79 Å². The van der Waals surface area contributed by atoms with Crippen LogP contribution in [0.15, 0.2) is 48.5 Å². The van der Waals surface area contributed by atoms with E-state index in [1.807, 2.05) is 69.3 Å². The highest BCUT2D eigenvalue weighted by Crippen LogP contribution is 2.22. The molecule has 0 fully saturated rings. The van der Waals surface area contributed by atoms with Crippen molar-refractivity contribution >= 4 is 5.91 Å². The van der Waals surface area contributed by atoms with Gasteiger partial charge in [-0.05, 0) is 38.0 Å². The van der Waals surface area contributed by atoms with Crippen LogP contribution in [0.5, 0.6) is 0 Å². The summed E-state index contributed by atoms with van der Waals surface area (Å²) in [5, 5.41) is 7.30. The van der Waals surface area contributed by atoms with Crippen LogP contribution in [0.4, 0.5) is 0 Å². The smallest absolute Gasteiger partial charge is 0.290 e. The van der Waals surface area contributed by atoms with E-state index in [9.17, 15) is 4.79 Å². The number of rotatable bonds is 5. The van der Waals surface area contributed by atoms with E-state index in [4.69, 9.17) is 0 Å². The van der Waals surface area contributed by atoms with Gasteiger partial charge in [0.15, 0.2) is 5.82 Å². The van der Waals surface area contributed by atoms with E-state index in [1.54, 1.807) is 4.68 Å². The van der Waals surface area contributed by atoms with Gasteiger partial charge in [-0.1, -0.05) is 48.9 Å². The Bertz CT molecular complexity index is 881. The molecular formula is C20H22N4O. The summed E-state index contributed by atoms with van der Waals surface area (Å²) in [5.74, 6) is 0.597. The Morgan fingerprint density at radius 3 is 2.52 bits per heavy atom. The van der Waals surface area contributed by atoms with Crippen molar-refractivity contribution in [1.29, 1.82) is 0 Å². The molecule has 0 saturated carbocycles. The molecule has 1 amide bonds. The standard InChI is InChI=1S/C20H22N4O/c1-4-12-21-20(25)18-22-19(16-10-8-14(2)9-11-16)24(23-18)17-7-5-6-15(3)13-17/h5-11,13H,4,12H2,1-3H3,(H,21,25). The topological polar surface area (TPSA) is 59.8 Å². The highest BCUT2D eigenvalue weighted by molar-refractivity contribution is 5.91. The van der Waals surface area contributed by atoms with Crippen molar-refractivity contribution < 1.29 is 4.79 Å². The molecule has 25 heavy (non-hydrogen) atoms. The van der Waals surface area contributed by atoms with Gasteiger partial charge in [0.25, 0.3) is 5.91 Å². The quantitative estimate of drug-likeness (QED) is 0.774. The second kappa shape index (κ2) is 7.30. The van der Waals surface area contributed by atoms with E-state index < -0.39 is 0 Å². The molecule has 0 unspecified atom stereocenters. The number of nitrogens with one attached hydrogen (secondary N) is 1. The van der Waals surface area contributed by atoms with Crippen LogP contribution in [0.3, 0.4) is 0 Å². The third kappa shape index (κ3) is 3.76. The minimum atomic E-state index is -0.249. The number of benzene rings is 2. The Labute approximate surface area is 147 Å². The summed E-state index contributed by atoms with van der Waals surface area (Å²) in [6.45, 7) is 6.69. The summed E-state index contributed by atoms with van der Waals surface area (Å²) in [6, 6.07) is 16.1. The van der Waals surface area contributed by atoms with Crippen molar-refractivity contribution in [2.24, 2.45) is 0 Å². The average Bonchev–Trinajstić information content (AvgIpc) is 3.06. The van der Waals surface area contributed by atoms with Gasteiger partial charge in [0.1, 0.15) is 0 Å². The summed E-state index contributed by atoms with van der Waals surface area (Å²) in [5.41, 5.74) is 4.11. The number of amides is 1. The Balaban J connectivity index is 2.09. The van der Waals surface area contributed by atoms with Crippen LogP contribution in [-0.2, 0) is 0 Å². The molecule has 5 nitrogen and oxygen atoms in total. The molecule has 0 spiro atoms. The molecule has 3 aromatic rings. The lowest BCUT2D eigenvalue weighted by atomic mass is 10.1. The van der Waals surface area contributed by atoms with E-state index >= 15 is 0 Å². The predicted molar refractivity (Wildman–Crippen MR) is 98.9 cm³/mol. The van der Waals surface area contributed by atoms with E-state index in [0.29, 0.717) is 12.4 Å². The van der Waals surface area contributed by atoms with E-state index in [-0.39, 0.29) is 11.7 Å². The maximum absolute atomic E-state index is 12.3. The monoisotopic (exact) mass is 334 g/mol. The number of aromatic nitrogens is 3. The Morgan fingerprint density at radius 1 is 1.08 bits per heavy atom. The highest BCUT2D eigenvalue weighted by Gasteiger charge is 2.18. The normalized spacial score (nSPS) is 10.7. The van der Waals surface area contributed by atoms with Crippen molar-refractivity contribution in [3.05, 3.63) is 65.5 Å².